The molecule has 2 amide bonds. The zero-order valence-electron chi connectivity index (χ0n) is 23.4. The number of nitrogens with zero attached hydrogens (tertiary/aromatic N) is 3. The van der Waals surface area contributed by atoms with Gasteiger partial charge in [0.25, 0.3) is 15.7 Å². The molecule has 0 bridgehead atoms. The minimum absolute atomic E-state index is 0.0330. The minimum Gasteiger partial charge on any atom is -0.352 e. The Bertz CT molecular complexity index is 1500. The highest BCUT2D eigenvalue weighted by molar-refractivity contribution is 7.92. The predicted molar refractivity (Wildman–Crippen MR) is 163 cm³/mol. The molecule has 42 heavy (non-hydrogen) atoms. The standard InChI is InChI=1S/C29H32Cl2N4O6S/c1-4-20(3)32-29(37)27(5-2)33(18-24-25(30)12-9-13-26(24)31)28(36)19-34(21-14-16-22(17-15-21)35(38)39)42(40,41)23-10-7-6-8-11-23/h6-17,20,27H,4-5,18-19H2,1-3H3,(H,32,37). The van der Waals surface area contributed by atoms with E-state index in [1.807, 2.05) is 13.8 Å². The lowest BCUT2D eigenvalue weighted by atomic mass is 10.1. The van der Waals surface area contributed by atoms with Gasteiger partial charge in [-0.25, -0.2) is 8.42 Å². The summed E-state index contributed by atoms with van der Waals surface area (Å²) in [5.74, 6) is -1.11. The molecule has 3 aromatic rings. The van der Waals surface area contributed by atoms with E-state index in [2.05, 4.69) is 5.32 Å². The molecular formula is C29H32Cl2N4O6S. The van der Waals surface area contributed by atoms with Crippen LogP contribution in [0.2, 0.25) is 10.0 Å². The number of benzene rings is 3. The van der Waals surface area contributed by atoms with Crippen LogP contribution >= 0.6 is 23.2 Å². The average Bonchev–Trinajstić information content (AvgIpc) is 2.97. The zero-order chi connectivity index (χ0) is 31.0. The van der Waals surface area contributed by atoms with Crippen LogP contribution in [0.4, 0.5) is 11.4 Å². The van der Waals surface area contributed by atoms with E-state index in [0.717, 1.165) is 16.4 Å². The monoisotopic (exact) mass is 634 g/mol. The van der Waals surface area contributed by atoms with Gasteiger partial charge in [-0.05, 0) is 56.2 Å². The lowest BCUT2D eigenvalue weighted by Crippen LogP contribution is -2.53. The number of amides is 2. The number of halogens is 2. The van der Waals surface area contributed by atoms with Gasteiger partial charge >= 0.3 is 0 Å². The molecule has 0 aromatic heterocycles. The number of sulfonamides is 1. The van der Waals surface area contributed by atoms with Crippen molar-refractivity contribution in [1.29, 1.82) is 0 Å². The van der Waals surface area contributed by atoms with E-state index in [1.54, 1.807) is 43.3 Å². The van der Waals surface area contributed by atoms with Gasteiger partial charge in [0, 0.05) is 40.3 Å². The highest BCUT2D eigenvalue weighted by atomic mass is 35.5. The Morgan fingerprint density at radius 3 is 2.05 bits per heavy atom. The number of nitro groups is 1. The number of carbonyl (C=O) groups is 2. The molecule has 0 radical (unpaired) electrons. The van der Waals surface area contributed by atoms with E-state index in [1.165, 1.54) is 29.2 Å². The first kappa shape index (κ1) is 32.8. The number of rotatable bonds is 13. The largest absolute Gasteiger partial charge is 0.352 e. The quantitative estimate of drug-likeness (QED) is 0.186. The maximum absolute atomic E-state index is 14.1. The van der Waals surface area contributed by atoms with Gasteiger partial charge in [0.1, 0.15) is 12.6 Å². The average molecular weight is 636 g/mol. The van der Waals surface area contributed by atoms with E-state index < -0.39 is 39.3 Å². The fourth-order valence-corrected chi connectivity index (χ4v) is 6.16. The second-order valence-electron chi connectivity index (χ2n) is 9.56. The normalized spacial score (nSPS) is 12.7. The van der Waals surface area contributed by atoms with Gasteiger partial charge in [0.15, 0.2) is 0 Å². The third kappa shape index (κ3) is 7.78. The molecule has 3 aromatic carbocycles. The summed E-state index contributed by atoms with van der Waals surface area (Å²) in [5, 5.41) is 14.7. The Kier molecular flexibility index (Phi) is 11.3. The van der Waals surface area contributed by atoms with Crippen LogP contribution in [-0.4, -0.2) is 48.7 Å². The van der Waals surface area contributed by atoms with Crippen LogP contribution in [0, 0.1) is 10.1 Å². The number of anilines is 1. The molecule has 3 rings (SSSR count). The molecule has 0 aliphatic carbocycles. The van der Waals surface area contributed by atoms with E-state index >= 15 is 0 Å². The van der Waals surface area contributed by atoms with Crippen LogP contribution in [0.25, 0.3) is 0 Å². The van der Waals surface area contributed by atoms with E-state index in [-0.39, 0.29) is 45.3 Å². The molecule has 2 unspecified atom stereocenters. The summed E-state index contributed by atoms with van der Waals surface area (Å²) in [7, 11) is -4.32. The SMILES string of the molecule is CCC(C)NC(=O)C(CC)N(Cc1c(Cl)cccc1Cl)C(=O)CN(c1ccc([N+](=O)[O-])cc1)S(=O)(=O)c1ccccc1. The molecule has 10 nitrogen and oxygen atoms in total. The molecule has 0 aliphatic heterocycles. The third-order valence-corrected chi connectivity index (χ3v) is 9.23. The number of nitro benzene ring substituents is 1. The molecule has 0 aliphatic rings. The maximum Gasteiger partial charge on any atom is 0.269 e. The van der Waals surface area contributed by atoms with Gasteiger partial charge in [-0.15, -0.1) is 0 Å². The highest BCUT2D eigenvalue weighted by Crippen LogP contribution is 2.29. The zero-order valence-corrected chi connectivity index (χ0v) is 25.7. The van der Waals surface area contributed by atoms with Crippen molar-refractivity contribution in [3.05, 3.63) is 98.5 Å². The molecule has 224 valence electrons. The summed E-state index contributed by atoms with van der Waals surface area (Å²) in [5.41, 5.74) is 0.187. The first-order valence-electron chi connectivity index (χ1n) is 13.3. The Morgan fingerprint density at radius 2 is 1.52 bits per heavy atom. The Balaban J connectivity index is 2.11. The van der Waals surface area contributed by atoms with Gasteiger partial charge < -0.3 is 10.2 Å². The molecule has 2 atom stereocenters. The fraction of sp³-hybridized carbons (Fsp3) is 0.310. The number of carbonyl (C=O) groups excluding carboxylic acids is 2. The summed E-state index contributed by atoms with van der Waals surface area (Å²) in [6.07, 6.45) is 0.884. The van der Waals surface area contributed by atoms with Gasteiger partial charge in [-0.2, -0.15) is 0 Å². The topological polar surface area (TPSA) is 130 Å². The van der Waals surface area contributed by atoms with Crippen LogP contribution in [-0.2, 0) is 26.2 Å². The lowest BCUT2D eigenvalue weighted by Gasteiger charge is -2.34. The van der Waals surface area contributed by atoms with Gasteiger partial charge in [-0.1, -0.05) is 61.3 Å². The summed E-state index contributed by atoms with van der Waals surface area (Å²) in [4.78, 5) is 39.3. The first-order valence-corrected chi connectivity index (χ1v) is 15.4. The molecule has 0 heterocycles. The summed E-state index contributed by atoms with van der Waals surface area (Å²) in [6, 6.07) is 16.0. The van der Waals surface area contributed by atoms with Gasteiger partial charge in [0.05, 0.1) is 15.5 Å². The maximum atomic E-state index is 14.1. The lowest BCUT2D eigenvalue weighted by molar-refractivity contribution is -0.384. The predicted octanol–water partition coefficient (Wildman–Crippen LogP) is 5.82. The Labute approximate surface area is 255 Å². The van der Waals surface area contributed by atoms with Crippen LogP contribution in [0.15, 0.2) is 77.7 Å². The smallest absolute Gasteiger partial charge is 0.269 e. The van der Waals surface area contributed by atoms with E-state index in [4.69, 9.17) is 23.2 Å². The van der Waals surface area contributed by atoms with Crippen LogP contribution in [0.5, 0.6) is 0 Å². The Hall–Kier alpha value is -3.67. The summed E-state index contributed by atoms with van der Waals surface area (Å²) >= 11 is 12.8. The van der Waals surface area contributed by atoms with Crippen molar-refractivity contribution < 1.29 is 22.9 Å². The molecule has 0 saturated heterocycles. The molecule has 1 N–H and O–H groups in total. The van der Waals surface area contributed by atoms with Gasteiger partial charge in [0.2, 0.25) is 11.8 Å². The highest BCUT2D eigenvalue weighted by Gasteiger charge is 2.34. The van der Waals surface area contributed by atoms with Crippen molar-refractivity contribution in [2.24, 2.45) is 0 Å². The Morgan fingerprint density at radius 1 is 0.929 bits per heavy atom. The van der Waals surface area contributed by atoms with Gasteiger partial charge in [-0.3, -0.25) is 24.0 Å². The minimum atomic E-state index is -4.32. The molecule has 0 saturated carbocycles. The molecule has 13 heteroatoms. The second kappa shape index (κ2) is 14.5. The first-order chi connectivity index (χ1) is 19.9. The van der Waals surface area contributed by atoms with Crippen molar-refractivity contribution in [3.8, 4) is 0 Å². The van der Waals surface area contributed by atoms with Crippen LogP contribution in [0.3, 0.4) is 0 Å². The second-order valence-corrected chi connectivity index (χ2v) is 12.2. The van der Waals surface area contributed by atoms with E-state index in [0.29, 0.717) is 12.0 Å². The van der Waals surface area contributed by atoms with Crippen LogP contribution in [0.1, 0.15) is 39.2 Å². The number of hydrogen-bond acceptors (Lipinski definition) is 6. The van der Waals surface area contributed by atoms with E-state index in [9.17, 15) is 28.1 Å². The van der Waals surface area contributed by atoms with Crippen molar-refractivity contribution in [1.82, 2.24) is 10.2 Å². The summed E-state index contributed by atoms with van der Waals surface area (Å²) < 4.78 is 28.5. The number of non-ortho nitro benzene ring substituents is 1. The van der Waals surface area contributed by atoms with Crippen LogP contribution < -0.4 is 9.62 Å². The molecular weight excluding hydrogens is 603 g/mol. The van der Waals surface area contributed by atoms with Crippen molar-refractivity contribution in [2.45, 2.75) is 57.1 Å². The number of nitrogens with one attached hydrogen (secondary N) is 1. The fourth-order valence-electron chi connectivity index (χ4n) is 4.20. The van der Waals surface area contributed by atoms with Crippen molar-refractivity contribution >= 4 is 56.4 Å². The van der Waals surface area contributed by atoms with Crippen molar-refractivity contribution in [3.63, 3.8) is 0 Å². The third-order valence-electron chi connectivity index (χ3n) is 6.74. The molecule has 0 fully saturated rings. The summed E-state index contributed by atoms with van der Waals surface area (Å²) in [6.45, 7) is 4.62. The molecule has 0 spiro atoms. The number of hydrogen-bond donors (Lipinski definition) is 1. The van der Waals surface area contributed by atoms with Crippen molar-refractivity contribution in [2.75, 3.05) is 10.8 Å².